The van der Waals surface area contributed by atoms with Gasteiger partial charge in [-0.2, -0.15) is 0 Å². The summed E-state index contributed by atoms with van der Waals surface area (Å²) in [5.41, 5.74) is 3.40. The topological polar surface area (TPSA) is 65.1 Å². The third-order valence-electron chi connectivity index (χ3n) is 3.77. The first kappa shape index (κ1) is 12.6. The number of fused-ring (bicyclic) bond motifs is 1. The maximum atomic E-state index is 11.8. The van der Waals surface area contributed by atoms with Gasteiger partial charge in [-0.05, 0) is 38.0 Å². The van der Waals surface area contributed by atoms with E-state index in [9.17, 15) is 14.9 Å². The zero-order valence-electron chi connectivity index (χ0n) is 11.1. The number of benzene rings is 1. The Hall–Kier alpha value is -2.43. The number of carbonyl (C=O) groups is 1. The summed E-state index contributed by atoms with van der Waals surface area (Å²) in [5, 5.41) is 10.8. The van der Waals surface area contributed by atoms with E-state index < -0.39 is 0 Å². The van der Waals surface area contributed by atoms with Gasteiger partial charge in [-0.3, -0.25) is 14.9 Å². The quantitative estimate of drug-likeness (QED) is 0.621. The van der Waals surface area contributed by atoms with Crippen LogP contribution in [0.2, 0.25) is 0 Å². The second-order valence-corrected chi connectivity index (χ2v) is 5.05. The van der Waals surface area contributed by atoms with E-state index in [4.69, 9.17) is 0 Å². The number of Topliss-reactive ketones (excluding diaryl/α,β-unsaturated/α-hetero) is 1. The van der Waals surface area contributed by atoms with Crippen molar-refractivity contribution in [3.8, 4) is 5.69 Å². The Labute approximate surface area is 116 Å². The van der Waals surface area contributed by atoms with Crippen LogP contribution in [0.15, 0.2) is 30.5 Å². The maximum absolute atomic E-state index is 11.8. The van der Waals surface area contributed by atoms with Crippen molar-refractivity contribution in [2.75, 3.05) is 0 Å². The predicted molar refractivity (Wildman–Crippen MR) is 74.4 cm³/mol. The molecule has 5 nitrogen and oxygen atoms in total. The van der Waals surface area contributed by atoms with Crippen LogP contribution in [0.5, 0.6) is 0 Å². The van der Waals surface area contributed by atoms with Gasteiger partial charge in [-0.15, -0.1) is 0 Å². The summed E-state index contributed by atoms with van der Waals surface area (Å²) in [6.45, 7) is 1.72. The molecule has 0 N–H and O–H groups in total. The summed E-state index contributed by atoms with van der Waals surface area (Å²) in [5.74, 6) is 0.184. The van der Waals surface area contributed by atoms with E-state index in [1.807, 2.05) is 16.8 Å². The molecular formula is C15H14N2O3. The van der Waals surface area contributed by atoms with Crippen LogP contribution in [-0.2, 0) is 6.42 Å². The summed E-state index contributed by atoms with van der Waals surface area (Å²) in [4.78, 5) is 22.3. The highest BCUT2D eigenvalue weighted by molar-refractivity contribution is 5.98. The lowest BCUT2D eigenvalue weighted by atomic mass is 9.96. The number of ketones is 1. The van der Waals surface area contributed by atoms with E-state index >= 15 is 0 Å². The van der Waals surface area contributed by atoms with Crippen LogP contribution in [0.4, 0.5) is 5.69 Å². The van der Waals surface area contributed by atoms with E-state index in [0.717, 1.165) is 29.8 Å². The lowest BCUT2D eigenvalue weighted by molar-refractivity contribution is -0.385. The fraction of sp³-hybridized carbons (Fsp3) is 0.267. The van der Waals surface area contributed by atoms with Crippen LogP contribution < -0.4 is 0 Å². The van der Waals surface area contributed by atoms with Crippen LogP contribution in [-0.4, -0.2) is 15.3 Å². The maximum Gasteiger partial charge on any atom is 0.272 e. The average Bonchev–Trinajstić information content (AvgIpc) is 2.83. The van der Waals surface area contributed by atoms with Crippen molar-refractivity contribution in [2.24, 2.45) is 0 Å². The molecule has 0 atom stereocenters. The van der Waals surface area contributed by atoms with E-state index in [1.165, 1.54) is 6.07 Å². The first-order valence-electron chi connectivity index (χ1n) is 6.57. The largest absolute Gasteiger partial charge is 0.320 e. The Balaban J connectivity index is 2.08. The van der Waals surface area contributed by atoms with Crippen molar-refractivity contribution in [3.05, 3.63) is 57.4 Å². The number of hydrogen-bond acceptors (Lipinski definition) is 3. The molecule has 0 amide bonds. The van der Waals surface area contributed by atoms with Gasteiger partial charge >= 0.3 is 0 Å². The summed E-state index contributed by atoms with van der Waals surface area (Å²) in [6.07, 6.45) is 4.21. The molecule has 0 saturated heterocycles. The third kappa shape index (κ3) is 1.91. The summed E-state index contributed by atoms with van der Waals surface area (Å²) in [7, 11) is 0. The Morgan fingerprint density at radius 1 is 1.25 bits per heavy atom. The van der Waals surface area contributed by atoms with Gasteiger partial charge in [0.25, 0.3) is 5.69 Å². The van der Waals surface area contributed by atoms with Crippen LogP contribution in [0, 0.1) is 17.0 Å². The molecule has 1 heterocycles. The lowest BCUT2D eigenvalue weighted by Gasteiger charge is -2.15. The molecule has 1 aromatic carbocycles. The highest BCUT2D eigenvalue weighted by Gasteiger charge is 2.21. The fourth-order valence-corrected chi connectivity index (χ4v) is 2.76. The molecule has 0 saturated carbocycles. The van der Waals surface area contributed by atoms with Gasteiger partial charge in [-0.25, -0.2) is 0 Å². The molecule has 0 radical (unpaired) electrons. The van der Waals surface area contributed by atoms with Gasteiger partial charge in [0.05, 0.1) is 4.92 Å². The Morgan fingerprint density at radius 2 is 2.05 bits per heavy atom. The first-order chi connectivity index (χ1) is 9.58. The molecule has 20 heavy (non-hydrogen) atoms. The van der Waals surface area contributed by atoms with Gasteiger partial charge < -0.3 is 4.57 Å². The highest BCUT2D eigenvalue weighted by Crippen LogP contribution is 2.27. The lowest BCUT2D eigenvalue weighted by Crippen LogP contribution is -2.12. The monoisotopic (exact) mass is 270 g/mol. The van der Waals surface area contributed by atoms with E-state index in [-0.39, 0.29) is 16.4 Å². The molecule has 1 aliphatic rings. The Bertz CT molecular complexity index is 716. The number of nitro benzene ring substituents is 1. The molecule has 5 heteroatoms. The predicted octanol–water partition coefficient (Wildman–Crippen LogP) is 3.21. The number of nitro groups is 1. The van der Waals surface area contributed by atoms with E-state index in [2.05, 4.69) is 0 Å². The molecule has 0 unspecified atom stereocenters. The van der Waals surface area contributed by atoms with E-state index in [1.54, 1.807) is 19.1 Å². The summed E-state index contributed by atoms with van der Waals surface area (Å²) in [6, 6.07) is 6.87. The minimum atomic E-state index is -0.381. The van der Waals surface area contributed by atoms with Crippen LogP contribution in [0.25, 0.3) is 5.69 Å². The minimum Gasteiger partial charge on any atom is -0.320 e. The van der Waals surface area contributed by atoms with Crippen LogP contribution >= 0.6 is 0 Å². The number of rotatable bonds is 2. The van der Waals surface area contributed by atoms with Gasteiger partial charge in [-0.1, -0.05) is 0 Å². The summed E-state index contributed by atoms with van der Waals surface area (Å²) < 4.78 is 1.96. The highest BCUT2D eigenvalue weighted by atomic mass is 16.6. The number of hydrogen-bond donors (Lipinski definition) is 0. The number of aromatic nitrogens is 1. The van der Waals surface area contributed by atoms with Crippen molar-refractivity contribution in [3.63, 3.8) is 0 Å². The van der Waals surface area contributed by atoms with Crippen molar-refractivity contribution in [1.82, 2.24) is 4.57 Å². The van der Waals surface area contributed by atoms with Gasteiger partial charge in [0.15, 0.2) is 5.78 Å². The van der Waals surface area contributed by atoms with Crippen LogP contribution in [0.1, 0.15) is 34.5 Å². The Morgan fingerprint density at radius 3 is 2.75 bits per heavy atom. The molecule has 0 aliphatic heterocycles. The first-order valence-corrected chi connectivity index (χ1v) is 6.57. The smallest absolute Gasteiger partial charge is 0.272 e. The van der Waals surface area contributed by atoms with Crippen molar-refractivity contribution in [1.29, 1.82) is 0 Å². The summed E-state index contributed by atoms with van der Waals surface area (Å²) >= 11 is 0. The number of nitrogens with zero attached hydrogens (tertiary/aromatic N) is 2. The van der Waals surface area contributed by atoms with Gasteiger partial charge in [0, 0.05) is 41.2 Å². The normalized spacial score (nSPS) is 14.2. The third-order valence-corrected chi connectivity index (χ3v) is 3.77. The minimum absolute atomic E-state index is 0.117. The molecule has 0 fully saturated rings. The van der Waals surface area contributed by atoms with Crippen molar-refractivity contribution in [2.45, 2.75) is 26.2 Å². The molecule has 2 aromatic rings. The van der Waals surface area contributed by atoms with E-state index in [0.29, 0.717) is 12.0 Å². The number of aryl methyl sites for hydroxylation is 1. The molecular weight excluding hydrogens is 256 g/mol. The molecule has 1 aromatic heterocycles. The molecule has 0 bridgehead atoms. The van der Waals surface area contributed by atoms with Crippen molar-refractivity contribution < 1.29 is 9.72 Å². The van der Waals surface area contributed by atoms with Gasteiger partial charge in [0.1, 0.15) is 0 Å². The van der Waals surface area contributed by atoms with Gasteiger partial charge in [0.2, 0.25) is 0 Å². The zero-order valence-corrected chi connectivity index (χ0v) is 11.1. The molecule has 0 spiro atoms. The number of carbonyl (C=O) groups excluding carboxylic acids is 1. The molecule has 1 aliphatic carbocycles. The average molecular weight is 270 g/mol. The SMILES string of the molecule is Cc1cc(-n2ccc3c2CCCC3=O)ccc1[N+](=O)[O-]. The standard InChI is InChI=1S/C15H14N2O3/c1-10-9-11(5-6-13(10)17(19)20)16-8-7-12-14(16)3-2-4-15(12)18/h5-9H,2-4H2,1H3. The Kier molecular flexibility index (Phi) is 2.89. The second-order valence-electron chi connectivity index (χ2n) is 5.05. The zero-order chi connectivity index (χ0) is 14.3. The fourth-order valence-electron chi connectivity index (χ4n) is 2.76. The van der Waals surface area contributed by atoms with Crippen LogP contribution in [0.3, 0.4) is 0 Å². The molecule has 102 valence electrons. The van der Waals surface area contributed by atoms with Crippen molar-refractivity contribution >= 4 is 11.5 Å². The molecule has 3 rings (SSSR count). The second kappa shape index (κ2) is 4.59.